The number of benzene rings is 1. The lowest BCUT2D eigenvalue weighted by Gasteiger charge is -2.18. The largest absolute Gasteiger partial charge is 0.324 e. The van der Waals surface area contributed by atoms with Crippen LogP contribution in [0.1, 0.15) is 11.3 Å². The smallest absolute Gasteiger partial charge is 0.321 e. The molecule has 0 fully saturated rings. The van der Waals surface area contributed by atoms with Gasteiger partial charge in [0.1, 0.15) is 0 Å². The van der Waals surface area contributed by atoms with Crippen LogP contribution in [0.2, 0.25) is 0 Å². The summed E-state index contributed by atoms with van der Waals surface area (Å²) in [5.74, 6) is 0.0404. The standard InChI is InChI=1S/C17H18N4O3/c1-20(10-13-4-3-5-15(22)18-13)17(24)19-12-6-7-14-11(8-12)9-16(23)21(14)2/h3-8H,9-10H2,1-2H3,(H,18,22)(H,19,24). The second-order valence-electron chi connectivity index (χ2n) is 5.80. The number of hydrogen-bond acceptors (Lipinski definition) is 3. The molecule has 0 radical (unpaired) electrons. The number of fused-ring (bicyclic) bond motifs is 1. The third-order valence-corrected chi connectivity index (χ3v) is 3.99. The monoisotopic (exact) mass is 326 g/mol. The van der Waals surface area contributed by atoms with Gasteiger partial charge in [0.05, 0.1) is 13.0 Å². The zero-order valence-corrected chi connectivity index (χ0v) is 13.5. The van der Waals surface area contributed by atoms with Crippen molar-refractivity contribution in [1.82, 2.24) is 9.88 Å². The van der Waals surface area contributed by atoms with Crippen LogP contribution in [0.5, 0.6) is 0 Å². The maximum absolute atomic E-state index is 12.3. The number of likely N-dealkylation sites (N-methyl/N-ethyl adjacent to an activating group) is 1. The van der Waals surface area contributed by atoms with E-state index in [0.29, 0.717) is 17.8 Å². The summed E-state index contributed by atoms with van der Waals surface area (Å²) in [5, 5.41) is 2.80. The number of rotatable bonds is 3. The van der Waals surface area contributed by atoms with E-state index in [1.807, 2.05) is 12.1 Å². The molecule has 0 saturated heterocycles. The molecule has 0 bridgehead atoms. The molecule has 1 aromatic carbocycles. The summed E-state index contributed by atoms with van der Waals surface area (Å²) in [7, 11) is 3.38. The highest BCUT2D eigenvalue weighted by Crippen LogP contribution is 2.30. The van der Waals surface area contributed by atoms with Crippen molar-refractivity contribution in [3.63, 3.8) is 0 Å². The molecule has 24 heavy (non-hydrogen) atoms. The van der Waals surface area contributed by atoms with Gasteiger partial charge in [0.15, 0.2) is 0 Å². The molecule has 1 aliphatic rings. The number of amides is 3. The molecular formula is C17H18N4O3. The van der Waals surface area contributed by atoms with E-state index in [4.69, 9.17) is 0 Å². The Hall–Kier alpha value is -3.09. The predicted octanol–water partition coefficient (Wildman–Crippen LogP) is 1.56. The first kappa shape index (κ1) is 15.8. The lowest BCUT2D eigenvalue weighted by Crippen LogP contribution is -2.31. The fourth-order valence-corrected chi connectivity index (χ4v) is 2.68. The van der Waals surface area contributed by atoms with Crippen LogP contribution in [-0.2, 0) is 17.8 Å². The molecule has 3 amide bonds. The number of nitrogens with zero attached hydrogens (tertiary/aromatic N) is 2. The van der Waals surface area contributed by atoms with Crippen LogP contribution in [0.4, 0.5) is 16.2 Å². The molecule has 0 unspecified atom stereocenters. The zero-order valence-electron chi connectivity index (χ0n) is 13.5. The molecule has 0 atom stereocenters. The summed E-state index contributed by atoms with van der Waals surface area (Å²) in [6.45, 7) is 0.286. The molecule has 1 aromatic heterocycles. The third kappa shape index (κ3) is 3.15. The van der Waals surface area contributed by atoms with Crippen LogP contribution in [0.25, 0.3) is 0 Å². The Morgan fingerprint density at radius 1 is 1.29 bits per heavy atom. The molecule has 3 rings (SSSR count). The minimum absolute atomic E-state index is 0.0404. The highest BCUT2D eigenvalue weighted by Gasteiger charge is 2.24. The minimum Gasteiger partial charge on any atom is -0.324 e. The molecule has 0 spiro atoms. The highest BCUT2D eigenvalue weighted by atomic mass is 16.2. The molecule has 2 N–H and O–H groups in total. The van der Waals surface area contributed by atoms with E-state index in [2.05, 4.69) is 10.3 Å². The number of carbonyl (C=O) groups is 2. The molecule has 7 heteroatoms. The Bertz CT molecular complexity index is 859. The second kappa shape index (κ2) is 6.19. The fraction of sp³-hybridized carbons (Fsp3) is 0.235. The zero-order chi connectivity index (χ0) is 17.3. The number of hydrogen-bond donors (Lipinski definition) is 2. The van der Waals surface area contributed by atoms with E-state index in [1.165, 1.54) is 11.0 Å². The van der Waals surface area contributed by atoms with Gasteiger partial charge in [-0.15, -0.1) is 0 Å². The number of pyridine rings is 1. The van der Waals surface area contributed by atoms with Crippen LogP contribution in [-0.4, -0.2) is 35.9 Å². The van der Waals surface area contributed by atoms with E-state index in [0.717, 1.165) is 11.3 Å². The Balaban J connectivity index is 1.68. The molecule has 7 nitrogen and oxygen atoms in total. The van der Waals surface area contributed by atoms with E-state index in [9.17, 15) is 14.4 Å². The van der Waals surface area contributed by atoms with Crippen molar-refractivity contribution < 1.29 is 9.59 Å². The van der Waals surface area contributed by atoms with Gasteiger partial charge in [0, 0.05) is 37.2 Å². The lowest BCUT2D eigenvalue weighted by molar-refractivity contribution is -0.117. The number of H-pyrrole nitrogens is 1. The number of aromatic nitrogens is 1. The predicted molar refractivity (Wildman–Crippen MR) is 91.1 cm³/mol. The molecule has 2 aromatic rings. The van der Waals surface area contributed by atoms with Crippen LogP contribution < -0.4 is 15.8 Å². The van der Waals surface area contributed by atoms with Crippen LogP contribution in [0, 0.1) is 0 Å². The third-order valence-electron chi connectivity index (χ3n) is 3.99. The van der Waals surface area contributed by atoms with E-state index in [1.54, 1.807) is 37.2 Å². The van der Waals surface area contributed by atoms with Crippen molar-refractivity contribution in [2.75, 3.05) is 24.3 Å². The van der Waals surface area contributed by atoms with Crippen molar-refractivity contribution in [3.05, 3.63) is 58.0 Å². The maximum Gasteiger partial charge on any atom is 0.321 e. The number of carbonyl (C=O) groups excluding carboxylic acids is 2. The average Bonchev–Trinajstić information content (AvgIpc) is 2.81. The molecule has 0 aliphatic carbocycles. The summed E-state index contributed by atoms with van der Waals surface area (Å²) in [6, 6.07) is 9.93. The first-order valence-electron chi connectivity index (χ1n) is 7.54. The van der Waals surface area contributed by atoms with Gasteiger partial charge in [0.25, 0.3) is 0 Å². The van der Waals surface area contributed by atoms with Gasteiger partial charge in [-0.05, 0) is 29.8 Å². The van der Waals surface area contributed by atoms with Crippen molar-refractivity contribution >= 4 is 23.3 Å². The molecule has 1 aliphatic heterocycles. The summed E-state index contributed by atoms with van der Waals surface area (Å²) in [5.41, 5.74) is 2.86. The SMILES string of the molecule is CN(Cc1cccc(=O)[nH]1)C(=O)Nc1ccc2c(c1)CC(=O)N2C. The fourth-order valence-electron chi connectivity index (χ4n) is 2.68. The van der Waals surface area contributed by atoms with Gasteiger partial charge in [-0.3, -0.25) is 9.59 Å². The van der Waals surface area contributed by atoms with Gasteiger partial charge in [-0.1, -0.05) is 6.07 Å². The average molecular weight is 326 g/mol. The lowest BCUT2D eigenvalue weighted by atomic mass is 10.1. The van der Waals surface area contributed by atoms with E-state index < -0.39 is 0 Å². The first-order valence-corrected chi connectivity index (χ1v) is 7.54. The van der Waals surface area contributed by atoms with Gasteiger partial charge >= 0.3 is 6.03 Å². The Morgan fingerprint density at radius 2 is 2.08 bits per heavy atom. The number of urea groups is 1. The topological polar surface area (TPSA) is 85.5 Å². The second-order valence-corrected chi connectivity index (χ2v) is 5.80. The van der Waals surface area contributed by atoms with E-state index >= 15 is 0 Å². The summed E-state index contributed by atoms with van der Waals surface area (Å²) in [4.78, 5) is 41.0. The van der Waals surface area contributed by atoms with Crippen molar-refractivity contribution in [2.45, 2.75) is 13.0 Å². The van der Waals surface area contributed by atoms with Gasteiger partial charge in [-0.25, -0.2) is 4.79 Å². The van der Waals surface area contributed by atoms with Gasteiger partial charge < -0.3 is 20.1 Å². The molecule has 124 valence electrons. The Labute approximate surface area is 138 Å². The van der Waals surface area contributed by atoms with Crippen molar-refractivity contribution in [1.29, 1.82) is 0 Å². The van der Waals surface area contributed by atoms with Crippen LogP contribution in [0.3, 0.4) is 0 Å². The summed E-state index contributed by atoms with van der Waals surface area (Å²) >= 11 is 0. The van der Waals surface area contributed by atoms with Crippen LogP contribution in [0.15, 0.2) is 41.2 Å². The highest BCUT2D eigenvalue weighted by molar-refractivity contribution is 6.01. The maximum atomic E-state index is 12.3. The number of aromatic amines is 1. The summed E-state index contributed by atoms with van der Waals surface area (Å²) in [6.07, 6.45) is 0.344. The summed E-state index contributed by atoms with van der Waals surface area (Å²) < 4.78 is 0. The quantitative estimate of drug-likeness (QED) is 0.897. The number of anilines is 2. The van der Waals surface area contributed by atoms with Gasteiger partial charge in [0.2, 0.25) is 11.5 Å². The van der Waals surface area contributed by atoms with Crippen molar-refractivity contribution in [2.24, 2.45) is 0 Å². The van der Waals surface area contributed by atoms with Crippen molar-refractivity contribution in [3.8, 4) is 0 Å². The Morgan fingerprint density at radius 3 is 2.83 bits per heavy atom. The molecule has 2 heterocycles. The van der Waals surface area contributed by atoms with Gasteiger partial charge in [-0.2, -0.15) is 0 Å². The van der Waals surface area contributed by atoms with Crippen LogP contribution >= 0.6 is 0 Å². The normalized spacial score (nSPS) is 12.9. The first-order chi connectivity index (χ1) is 11.4. The number of nitrogens with one attached hydrogen (secondary N) is 2. The van der Waals surface area contributed by atoms with E-state index in [-0.39, 0.29) is 24.0 Å². The molecular weight excluding hydrogens is 308 g/mol. The Kier molecular flexibility index (Phi) is 4.07. The minimum atomic E-state index is -0.294. The molecule has 0 saturated carbocycles.